The Labute approximate surface area is 126 Å². The number of nitrogens with zero attached hydrogens (tertiary/aromatic N) is 1. The van der Waals surface area contributed by atoms with E-state index in [2.05, 4.69) is 21.7 Å². The van der Waals surface area contributed by atoms with Crippen LogP contribution in [0.1, 0.15) is 10.4 Å². The van der Waals surface area contributed by atoms with Crippen LogP contribution in [-0.2, 0) is 17.8 Å². The summed E-state index contributed by atoms with van der Waals surface area (Å²) >= 11 is 1.77. The normalized spacial score (nSPS) is 14.7. The number of amides is 1. The zero-order valence-corrected chi connectivity index (χ0v) is 12.3. The molecule has 1 aliphatic heterocycles. The molecule has 0 saturated carbocycles. The van der Waals surface area contributed by atoms with Gasteiger partial charge in [0.15, 0.2) is 0 Å². The molecule has 0 atom stereocenters. The van der Waals surface area contributed by atoms with Crippen LogP contribution in [0.4, 0.5) is 15.8 Å². The number of thiophene rings is 1. The topological polar surface area (TPSA) is 58.4 Å². The minimum Gasteiger partial charge on any atom is -0.397 e. The average molecular weight is 305 g/mol. The molecule has 4 nitrogen and oxygen atoms in total. The summed E-state index contributed by atoms with van der Waals surface area (Å²) in [6, 6.07) is 6.08. The highest BCUT2D eigenvalue weighted by atomic mass is 32.1. The summed E-state index contributed by atoms with van der Waals surface area (Å²) in [6.45, 7) is 1.98. The predicted molar refractivity (Wildman–Crippen MR) is 82.7 cm³/mol. The number of hydrogen-bond donors (Lipinski definition) is 2. The van der Waals surface area contributed by atoms with Crippen LogP contribution in [0.3, 0.4) is 0 Å². The fourth-order valence-corrected chi connectivity index (χ4v) is 3.37. The van der Waals surface area contributed by atoms with Gasteiger partial charge in [0.2, 0.25) is 5.91 Å². The van der Waals surface area contributed by atoms with E-state index in [-0.39, 0.29) is 11.6 Å². The number of carbonyl (C=O) groups excluding carboxylic acids is 1. The molecule has 6 heteroatoms. The van der Waals surface area contributed by atoms with E-state index < -0.39 is 5.82 Å². The third-order valence-electron chi connectivity index (χ3n) is 3.54. The van der Waals surface area contributed by atoms with Crippen LogP contribution >= 0.6 is 11.3 Å². The van der Waals surface area contributed by atoms with Gasteiger partial charge in [-0.25, -0.2) is 4.39 Å². The quantitative estimate of drug-likeness (QED) is 0.857. The van der Waals surface area contributed by atoms with Gasteiger partial charge in [0.1, 0.15) is 5.82 Å². The lowest BCUT2D eigenvalue weighted by Gasteiger charge is -2.26. The van der Waals surface area contributed by atoms with Crippen LogP contribution in [0, 0.1) is 5.82 Å². The molecule has 1 aromatic heterocycles. The van der Waals surface area contributed by atoms with Crippen molar-refractivity contribution in [2.75, 3.05) is 24.1 Å². The summed E-state index contributed by atoms with van der Waals surface area (Å²) in [5.74, 6) is -0.543. The van der Waals surface area contributed by atoms with E-state index in [1.165, 1.54) is 28.6 Å². The summed E-state index contributed by atoms with van der Waals surface area (Å²) in [4.78, 5) is 15.6. The number of nitrogen functional groups attached to an aromatic ring is 1. The van der Waals surface area contributed by atoms with E-state index in [9.17, 15) is 9.18 Å². The number of halogens is 1. The van der Waals surface area contributed by atoms with E-state index in [1.807, 2.05) is 0 Å². The van der Waals surface area contributed by atoms with Gasteiger partial charge < -0.3 is 11.1 Å². The first-order valence-corrected chi connectivity index (χ1v) is 7.62. The maximum atomic E-state index is 13.0. The van der Waals surface area contributed by atoms with Crippen LogP contribution in [0.5, 0.6) is 0 Å². The predicted octanol–water partition coefficient (Wildman–Crippen LogP) is 2.47. The third-order valence-corrected chi connectivity index (χ3v) is 4.56. The highest BCUT2D eigenvalue weighted by Gasteiger charge is 2.19. The zero-order valence-electron chi connectivity index (χ0n) is 11.4. The lowest BCUT2D eigenvalue weighted by molar-refractivity contribution is -0.117. The summed E-state index contributed by atoms with van der Waals surface area (Å²) < 4.78 is 13.0. The fraction of sp³-hybridized carbons (Fsp3) is 0.267. The van der Waals surface area contributed by atoms with Gasteiger partial charge in [0.25, 0.3) is 0 Å². The number of rotatable bonds is 3. The van der Waals surface area contributed by atoms with Crippen molar-refractivity contribution in [1.29, 1.82) is 0 Å². The van der Waals surface area contributed by atoms with Gasteiger partial charge in [-0.3, -0.25) is 9.69 Å². The van der Waals surface area contributed by atoms with Crippen molar-refractivity contribution >= 4 is 28.6 Å². The SMILES string of the molecule is Nc1cc(F)ccc1NC(=O)CN1CCc2sccc2C1. The van der Waals surface area contributed by atoms with Gasteiger partial charge in [-0.05, 0) is 41.6 Å². The molecule has 0 unspecified atom stereocenters. The molecule has 0 spiro atoms. The average Bonchev–Trinajstić information content (AvgIpc) is 2.89. The molecule has 0 fully saturated rings. The number of anilines is 2. The minimum atomic E-state index is -0.411. The number of benzene rings is 1. The molecule has 110 valence electrons. The number of fused-ring (bicyclic) bond motifs is 1. The lowest BCUT2D eigenvalue weighted by Crippen LogP contribution is -2.36. The van der Waals surface area contributed by atoms with Crippen molar-refractivity contribution in [2.45, 2.75) is 13.0 Å². The van der Waals surface area contributed by atoms with Crippen LogP contribution in [0.15, 0.2) is 29.6 Å². The van der Waals surface area contributed by atoms with Crippen molar-refractivity contribution in [3.63, 3.8) is 0 Å². The fourth-order valence-electron chi connectivity index (χ4n) is 2.48. The lowest BCUT2D eigenvalue weighted by atomic mass is 10.1. The van der Waals surface area contributed by atoms with E-state index in [0.717, 1.165) is 19.5 Å². The maximum absolute atomic E-state index is 13.0. The second kappa shape index (κ2) is 5.83. The van der Waals surface area contributed by atoms with Crippen molar-refractivity contribution in [3.8, 4) is 0 Å². The van der Waals surface area contributed by atoms with E-state index in [1.54, 1.807) is 11.3 Å². The molecule has 0 aliphatic carbocycles. The van der Waals surface area contributed by atoms with Crippen molar-refractivity contribution in [3.05, 3.63) is 45.9 Å². The molecule has 0 bridgehead atoms. The minimum absolute atomic E-state index is 0.132. The van der Waals surface area contributed by atoms with Crippen LogP contribution in [0.25, 0.3) is 0 Å². The molecule has 21 heavy (non-hydrogen) atoms. The van der Waals surface area contributed by atoms with Crippen molar-refractivity contribution in [1.82, 2.24) is 4.90 Å². The molecular weight excluding hydrogens is 289 g/mol. The molecule has 0 saturated heterocycles. The first-order chi connectivity index (χ1) is 10.1. The summed E-state index contributed by atoms with van der Waals surface area (Å²) in [5, 5.41) is 4.82. The maximum Gasteiger partial charge on any atom is 0.238 e. The standard InChI is InChI=1S/C15H16FN3OS/c16-11-1-2-13(12(17)7-11)18-15(20)9-19-5-3-14-10(8-19)4-6-21-14/h1-2,4,6-7H,3,5,8-9,17H2,(H,18,20). The number of hydrogen-bond acceptors (Lipinski definition) is 4. The van der Waals surface area contributed by atoms with Crippen LogP contribution in [-0.4, -0.2) is 23.9 Å². The molecule has 2 aromatic rings. The molecule has 0 radical (unpaired) electrons. The van der Waals surface area contributed by atoms with E-state index in [0.29, 0.717) is 12.2 Å². The molecule has 1 aromatic carbocycles. The Balaban J connectivity index is 1.60. The largest absolute Gasteiger partial charge is 0.397 e. The second-order valence-corrected chi connectivity index (χ2v) is 6.11. The Morgan fingerprint density at radius 2 is 2.29 bits per heavy atom. The number of nitrogens with one attached hydrogen (secondary N) is 1. The van der Waals surface area contributed by atoms with Crippen molar-refractivity contribution < 1.29 is 9.18 Å². The smallest absolute Gasteiger partial charge is 0.238 e. The highest BCUT2D eigenvalue weighted by Crippen LogP contribution is 2.24. The number of nitrogens with two attached hydrogens (primary N) is 1. The molecule has 1 aliphatic rings. The monoisotopic (exact) mass is 305 g/mol. The first kappa shape index (κ1) is 14.0. The molecular formula is C15H16FN3OS. The first-order valence-electron chi connectivity index (χ1n) is 6.74. The summed E-state index contributed by atoms with van der Waals surface area (Å²) in [6.07, 6.45) is 0.985. The highest BCUT2D eigenvalue weighted by molar-refractivity contribution is 7.10. The second-order valence-electron chi connectivity index (χ2n) is 5.11. The van der Waals surface area contributed by atoms with Crippen LogP contribution in [0.2, 0.25) is 0 Å². The van der Waals surface area contributed by atoms with Gasteiger partial charge in [-0.1, -0.05) is 0 Å². The van der Waals surface area contributed by atoms with Gasteiger partial charge in [0, 0.05) is 18.0 Å². The summed E-state index contributed by atoms with van der Waals surface area (Å²) in [7, 11) is 0. The molecule has 3 rings (SSSR count). The van der Waals surface area contributed by atoms with E-state index >= 15 is 0 Å². The Bertz CT molecular complexity index is 671. The van der Waals surface area contributed by atoms with Gasteiger partial charge >= 0.3 is 0 Å². The van der Waals surface area contributed by atoms with Gasteiger partial charge in [-0.15, -0.1) is 11.3 Å². The molecule has 1 amide bonds. The Kier molecular flexibility index (Phi) is 3.90. The van der Waals surface area contributed by atoms with Crippen molar-refractivity contribution in [2.24, 2.45) is 0 Å². The molecule has 2 heterocycles. The third kappa shape index (κ3) is 3.22. The number of carbonyl (C=O) groups is 1. The zero-order chi connectivity index (χ0) is 14.8. The Morgan fingerprint density at radius 3 is 3.10 bits per heavy atom. The summed E-state index contributed by atoms with van der Waals surface area (Å²) in [5.41, 5.74) is 7.68. The van der Waals surface area contributed by atoms with E-state index in [4.69, 9.17) is 5.73 Å². The Hall–Kier alpha value is -1.92. The van der Waals surface area contributed by atoms with Gasteiger partial charge in [-0.2, -0.15) is 0 Å². The Morgan fingerprint density at radius 1 is 1.43 bits per heavy atom. The molecule has 3 N–H and O–H groups in total. The van der Waals surface area contributed by atoms with Crippen LogP contribution < -0.4 is 11.1 Å². The van der Waals surface area contributed by atoms with Gasteiger partial charge in [0.05, 0.1) is 17.9 Å².